The molecule has 2 heterocycles. The molecule has 0 fully saturated rings. The van der Waals surface area contributed by atoms with E-state index in [1.165, 1.54) is 4.68 Å². The maximum Gasteiger partial charge on any atom is 0.289 e. The summed E-state index contributed by atoms with van der Waals surface area (Å²) in [4.78, 5) is 12.7. The van der Waals surface area contributed by atoms with Gasteiger partial charge in [-0.2, -0.15) is 10.4 Å². The molecule has 0 aliphatic carbocycles. The van der Waals surface area contributed by atoms with Crippen LogP contribution in [-0.2, 0) is 0 Å². The molecular weight excluding hydrogens is 324 g/mol. The number of allylic oxidation sites excluding steroid dienone is 1. The van der Waals surface area contributed by atoms with Crippen LogP contribution in [0.15, 0.2) is 48.0 Å². The van der Waals surface area contributed by atoms with Gasteiger partial charge in [0.1, 0.15) is 11.6 Å². The highest BCUT2D eigenvalue weighted by Gasteiger charge is 2.17. The predicted octanol–water partition coefficient (Wildman–Crippen LogP) is 4.15. The zero-order chi connectivity index (χ0) is 18.8. The van der Waals surface area contributed by atoms with Crippen molar-refractivity contribution >= 4 is 12.0 Å². The fraction of sp³-hybridized carbons (Fsp3) is 0.190. The minimum Gasteiger partial charge on any atom is -0.318 e. The summed E-state index contributed by atoms with van der Waals surface area (Å²) in [6, 6.07) is 15.8. The Bertz CT molecular complexity index is 1050. The molecule has 0 N–H and O–H groups in total. The van der Waals surface area contributed by atoms with Gasteiger partial charge in [0, 0.05) is 22.8 Å². The average molecular weight is 344 g/mol. The van der Waals surface area contributed by atoms with Crippen molar-refractivity contribution in [3.05, 3.63) is 76.4 Å². The highest BCUT2D eigenvalue weighted by molar-refractivity contribution is 6.03. The molecule has 3 aromatic rings. The first-order valence-corrected chi connectivity index (χ1v) is 8.36. The summed E-state index contributed by atoms with van der Waals surface area (Å²) < 4.78 is 3.38. The van der Waals surface area contributed by atoms with Gasteiger partial charge >= 0.3 is 0 Å². The molecule has 26 heavy (non-hydrogen) atoms. The van der Waals surface area contributed by atoms with E-state index in [1.807, 2.05) is 69.3 Å². The van der Waals surface area contributed by atoms with Crippen LogP contribution in [0.2, 0.25) is 0 Å². The fourth-order valence-corrected chi connectivity index (χ4v) is 3.15. The molecule has 0 bridgehead atoms. The van der Waals surface area contributed by atoms with Crippen LogP contribution in [-0.4, -0.2) is 20.3 Å². The molecule has 0 aliphatic heterocycles. The van der Waals surface area contributed by atoms with Gasteiger partial charge in [0.05, 0.1) is 5.69 Å². The third-order valence-corrected chi connectivity index (χ3v) is 4.34. The van der Waals surface area contributed by atoms with Gasteiger partial charge in [0.2, 0.25) is 0 Å². The van der Waals surface area contributed by atoms with E-state index in [0.29, 0.717) is 5.69 Å². The van der Waals surface area contributed by atoms with Gasteiger partial charge in [-0.05, 0) is 63.6 Å². The van der Waals surface area contributed by atoms with Crippen molar-refractivity contribution in [3.8, 4) is 11.8 Å². The number of nitrogens with zero attached hydrogens (tertiary/aromatic N) is 4. The minimum atomic E-state index is -0.414. The number of carbonyl (C=O) groups is 1. The number of benzene rings is 1. The van der Waals surface area contributed by atoms with E-state index in [9.17, 15) is 10.1 Å². The molecule has 0 aliphatic rings. The number of rotatable bonds is 3. The highest BCUT2D eigenvalue weighted by Crippen LogP contribution is 2.23. The fourth-order valence-electron chi connectivity index (χ4n) is 3.15. The molecule has 0 amide bonds. The second-order valence-electron chi connectivity index (χ2n) is 6.31. The van der Waals surface area contributed by atoms with Gasteiger partial charge in [-0.15, -0.1) is 0 Å². The van der Waals surface area contributed by atoms with Crippen molar-refractivity contribution in [2.75, 3.05) is 0 Å². The van der Waals surface area contributed by atoms with Gasteiger partial charge in [-0.1, -0.05) is 18.2 Å². The van der Waals surface area contributed by atoms with Crippen LogP contribution < -0.4 is 0 Å². The average Bonchev–Trinajstić information content (AvgIpc) is 3.10. The number of aromatic nitrogens is 3. The molecular formula is C21H20N4O. The largest absolute Gasteiger partial charge is 0.318 e. The third-order valence-electron chi connectivity index (χ3n) is 4.34. The van der Waals surface area contributed by atoms with Crippen LogP contribution in [0.3, 0.4) is 0 Å². The lowest BCUT2D eigenvalue weighted by atomic mass is 10.1. The molecule has 1 aromatic carbocycles. The van der Waals surface area contributed by atoms with E-state index in [2.05, 4.69) is 9.67 Å². The van der Waals surface area contributed by atoms with Crippen LogP contribution in [0.4, 0.5) is 0 Å². The van der Waals surface area contributed by atoms with E-state index in [4.69, 9.17) is 0 Å². The maximum absolute atomic E-state index is 12.7. The van der Waals surface area contributed by atoms with Gasteiger partial charge in [-0.3, -0.25) is 4.79 Å². The molecule has 0 spiro atoms. The van der Waals surface area contributed by atoms with Crippen molar-refractivity contribution in [2.45, 2.75) is 27.7 Å². The Balaban J connectivity index is 2.05. The first kappa shape index (κ1) is 17.4. The quantitative estimate of drug-likeness (QED) is 0.529. The van der Waals surface area contributed by atoms with E-state index >= 15 is 0 Å². The Morgan fingerprint density at radius 2 is 1.77 bits per heavy atom. The van der Waals surface area contributed by atoms with Gasteiger partial charge in [0.15, 0.2) is 0 Å². The van der Waals surface area contributed by atoms with Crippen LogP contribution in [0.5, 0.6) is 0 Å². The molecule has 5 heteroatoms. The first-order chi connectivity index (χ1) is 12.4. The van der Waals surface area contributed by atoms with E-state index in [1.54, 1.807) is 13.0 Å². The van der Waals surface area contributed by atoms with Gasteiger partial charge < -0.3 is 4.57 Å². The van der Waals surface area contributed by atoms with Crippen LogP contribution in [0.1, 0.15) is 33.1 Å². The van der Waals surface area contributed by atoms with Crippen LogP contribution in [0, 0.1) is 39.0 Å². The molecule has 0 saturated heterocycles. The SMILES string of the molecule is Cc1cc(C)n(C(=O)/C(C#N)=C/c2cc(C)n(-c3ccccc3)c2C)n1. The summed E-state index contributed by atoms with van der Waals surface area (Å²) in [6.07, 6.45) is 1.64. The zero-order valence-corrected chi connectivity index (χ0v) is 15.3. The van der Waals surface area contributed by atoms with Gasteiger partial charge in [-0.25, -0.2) is 4.68 Å². The van der Waals surface area contributed by atoms with E-state index in [-0.39, 0.29) is 5.57 Å². The summed E-state index contributed by atoms with van der Waals surface area (Å²) in [5.41, 5.74) is 5.42. The second-order valence-corrected chi connectivity index (χ2v) is 6.31. The van der Waals surface area contributed by atoms with Gasteiger partial charge in [0.25, 0.3) is 5.91 Å². The molecule has 0 saturated carbocycles. The Morgan fingerprint density at radius 1 is 1.08 bits per heavy atom. The number of hydrogen-bond donors (Lipinski definition) is 0. The highest BCUT2D eigenvalue weighted by atomic mass is 16.2. The third kappa shape index (κ3) is 3.09. The standard InChI is InChI=1S/C21H20N4O/c1-14-10-16(3)25(23-14)21(26)19(13-22)12-18-11-15(2)24(17(18)4)20-8-6-5-7-9-20/h5-12H,1-4H3/b19-12+. The molecule has 0 atom stereocenters. The van der Waals surface area contributed by atoms with Crippen molar-refractivity contribution in [3.63, 3.8) is 0 Å². The molecule has 2 aromatic heterocycles. The minimum absolute atomic E-state index is 0.0597. The van der Waals surface area contributed by atoms with Crippen LogP contribution >= 0.6 is 0 Å². The molecule has 3 rings (SSSR count). The Kier molecular flexibility index (Phi) is 4.59. The van der Waals surface area contributed by atoms with Crippen molar-refractivity contribution in [2.24, 2.45) is 0 Å². The number of para-hydroxylation sites is 1. The Labute approximate surface area is 152 Å². The van der Waals surface area contributed by atoms with Crippen LogP contribution in [0.25, 0.3) is 11.8 Å². The zero-order valence-electron chi connectivity index (χ0n) is 15.3. The van der Waals surface area contributed by atoms with Crippen molar-refractivity contribution in [1.82, 2.24) is 14.3 Å². The first-order valence-electron chi connectivity index (χ1n) is 8.36. The number of carbonyl (C=O) groups excluding carboxylic acids is 1. The summed E-state index contributed by atoms with van der Waals surface area (Å²) in [5, 5.41) is 13.7. The summed E-state index contributed by atoms with van der Waals surface area (Å²) in [7, 11) is 0. The number of hydrogen-bond acceptors (Lipinski definition) is 3. The lowest BCUT2D eigenvalue weighted by molar-refractivity contribution is 0.0944. The summed E-state index contributed by atoms with van der Waals surface area (Å²) in [6.45, 7) is 7.61. The molecule has 130 valence electrons. The Morgan fingerprint density at radius 3 is 2.35 bits per heavy atom. The second kappa shape index (κ2) is 6.85. The lowest BCUT2D eigenvalue weighted by Crippen LogP contribution is -2.15. The molecule has 0 radical (unpaired) electrons. The maximum atomic E-state index is 12.7. The van der Waals surface area contributed by atoms with E-state index in [0.717, 1.165) is 28.3 Å². The molecule has 0 unspecified atom stereocenters. The normalized spacial score (nSPS) is 11.4. The summed E-state index contributed by atoms with van der Waals surface area (Å²) >= 11 is 0. The number of nitriles is 1. The van der Waals surface area contributed by atoms with Crippen molar-refractivity contribution < 1.29 is 4.79 Å². The predicted molar refractivity (Wildman–Crippen MR) is 101 cm³/mol. The monoisotopic (exact) mass is 344 g/mol. The smallest absolute Gasteiger partial charge is 0.289 e. The summed E-state index contributed by atoms with van der Waals surface area (Å²) in [5.74, 6) is -0.414. The van der Waals surface area contributed by atoms with Crippen molar-refractivity contribution in [1.29, 1.82) is 5.26 Å². The van der Waals surface area contributed by atoms with E-state index < -0.39 is 5.91 Å². The molecule has 5 nitrogen and oxygen atoms in total. The number of aryl methyl sites for hydroxylation is 3. The Hall–Kier alpha value is -3.39. The topological polar surface area (TPSA) is 63.6 Å². The lowest BCUT2D eigenvalue weighted by Gasteiger charge is -2.09.